The Morgan fingerprint density at radius 1 is 1.39 bits per heavy atom. The summed E-state index contributed by atoms with van der Waals surface area (Å²) in [4.78, 5) is 13.5. The van der Waals surface area contributed by atoms with Crippen LogP contribution >= 0.6 is 0 Å². The molecule has 0 aliphatic heterocycles. The second-order valence-electron chi connectivity index (χ2n) is 4.77. The molecule has 1 aliphatic carbocycles. The summed E-state index contributed by atoms with van der Waals surface area (Å²) in [6.07, 6.45) is 2.92. The zero-order valence-electron chi connectivity index (χ0n) is 10.8. The second-order valence-corrected chi connectivity index (χ2v) is 4.77. The van der Waals surface area contributed by atoms with Crippen LogP contribution in [0.5, 0.6) is 0 Å². The molecular weight excluding hydrogens is 228 g/mol. The number of nitrogens with zero attached hydrogens (tertiary/aromatic N) is 1. The van der Waals surface area contributed by atoms with E-state index >= 15 is 0 Å². The van der Waals surface area contributed by atoms with Crippen molar-refractivity contribution in [1.82, 2.24) is 4.90 Å². The third-order valence-electron chi connectivity index (χ3n) is 3.26. The van der Waals surface area contributed by atoms with Crippen LogP contribution in [0.25, 0.3) is 0 Å². The molecule has 1 aromatic carbocycles. The number of hydrogen-bond acceptors (Lipinski definition) is 4. The highest BCUT2D eigenvalue weighted by Gasteiger charge is 2.29. The molecule has 1 saturated carbocycles. The van der Waals surface area contributed by atoms with Gasteiger partial charge >= 0.3 is 5.97 Å². The Morgan fingerprint density at radius 2 is 2.06 bits per heavy atom. The first kappa shape index (κ1) is 12.9. The number of benzene rings is 1. The fourth-order valence-corrected chi connectivity index (χ4v) is 2.02. The summed E-state index contributed by atoms with van der Waals surface area (Å²) in [6.45, 7) is 1.64. The fraction of sp³-hybridized carbons (Fsp3) is 0.500. The minimum Gasteiger partial charge on any atom is -0.469 e. The molecule has 0 aromatic heterocycles. The summed E-state index contributed by atoms with van der Waals surface area (Å²) in [5, 5.41) is 0. The number of esters is 1. The van der Waals surface area contributed by atoms with Crippen molar-refractivity contribution in [2.45, 2.75) is 31.8 Å². The van der Waals surface area contributed by atoms with Gasteiger partial charge in [0.05, 0.1) is 13.5 Å². The van der Waals surface area contributed by atoms with Gasteiger partial charge in [-0.15, -0.1) is 0 Å². The molecule has 0 atom stereocenters. The maximum atomic E-state index is 11.2. The summed E-state index contributed by atoms with van der Waals surface area (Å²) in [5.74, 6) is -0.141. The quantitative estimate of drug-likeness (QED) is 0.616. The first-order chi connectivity index (χ1) is 8.69. The zero-order chi connectivity index (χ0) is 13.0. The molecular formula is C14H20N2O2. The van der Waals surface area contributed by atoms with E-state index < -0.39 is 0 Å². The van der Waals surface area contributed by atoms with E-state index in [4.69, 9.17) is 5.73 Å². The van der Waals surface area contributed by atoms with Crippen LogP contribution < -0.4 is 5.73 Å². The Kier molecular flexibility index (Phi) is 4.20. The highest BCUT2D eigenvalue weighted by atomic mass is 16.5. The van der Waals surface area contributed by atoms with Crippen molar-refractivity contribution in [3.8, 4) is 0 Å². The fourth-order valence-electron chi connectivity index (χ4n) is 2.02. The van der Waals surface area contributed by atoms with Crippen molar-refractivity contribution < 1.29 is 9.53 Å². The lowest BCUT2D eigenvalue weighted by atomic mass is 10.2. The standard InChI is InChI=1S/C14H20N2O2/c1-18-14(17)8-9-16(13-6-7-13)10-11-2-4-12(15)5-3-11/h2-5,13H,6-10,15H2,1H3. The first-order valence-corrected chi connectivity index (χ1v) is 6.34. The zero-order valence-corrected chi connectivity index (χ0v) is 10.8. The molecule has 0 unspecified atom stereocenters. The van der Waals surface area contributed by atoms with E-state index in [1.165, 1.54) is 25.5 Å². The molecule has 0 heterocycles. The highest BCUT2D eigenvalue weighted by molar-refractivity contribution is 5.69. The summed E-state index contributed by atoms with van der Waals surface area (Å²) in [5.41, 5.74) is 7.69. The van der Waals surface area contributed by atoms with Gasteiger partial charge in [0.1, 0.15) is 0 Å². The number of rotatable bonds is 6. The largest absolute Gasteiger partial charge is 0.469 e. The van der Waals surface area contributed by atoms with Gasteiger partial charge in [0, 0.05) is 24.8 Å². The molecule has 4 nitrogen and oxygen atoms in total. The van der Waals surface area contributed by atoms with E-state index in [0.717, 1.165) is 18.8 Å². The molecule has 2 rings (SSSR count). The van der Waals surface area contributed by atoms with Crippen molar-refractivity contribution >= 4 is 11.7 Å². The summed E-state index contributed by atoms with van der Waals surface area (Å²) < 4.78 is 4.68. The van der Waals surface area contributed by atoms with E-state index in [1.807, 2.05) is 24.3 Å². The van der Waals surface area contributed by atoms with Crippen molar-refractivity contribution in [1.29, 1.82) is 0 Å². The van der Waals surface area contributed by atoms with Crippen LogP contribution in [0.3, 0.4) is 0 Å². The van der Waals surface area contributed by atoms with E-state index in [-0.39, 0.29) is 5.97 Å². The summed E-state index contributed by atoms with van der Waals surface area (Å²) in [6, 6.07) is 8.56. The Balaban J connectivity index is 1.89. The molecule has 4 heteroatoms. The average molecular weight is 248 g/mol. The normalized spacial score (nSPS) is 14.8. The van der Waals surface area contributed by atoms with Crippen LogP contribution in [-0.4, -0.2) is 30.6 Å². The first-order valence-electron chi connectivity index (χ1n) is 6.34. The van der Waals surface area contributed by atoms with Crippen LogP contribution in [0.4, 0.5) is 5.69 Å². The van der Waals surface area contributed by atoms with Crippen LogP contribution in [0, 0.1) is 0 Å². The van der Waals surface area contributed by atoms with Crippen LogP contribution in [0.15, 0.2) is 24.3 Å². The average Bonchev–Trinajstić information content (AvgIpc) is 3.20. The molecule has 98 valence electrons. The molecule has 0 radical (unpaired) electrons. The predicted molar refractivity (Wildman–Crippen MR) is 70.9 cm³/mol. The van der Waals surface area contributed by atoms with Crippen LogP contribution in [0.1, 0.15) is 24.8 Å². The van der Waals surface area contributed by atoms with Gasteiger partial charge in [-0.05, 0) is 30.5 Å². The number of hydrogen-bond donors (Lipinski definition) is 1. The lowest BCUT2D eigenvalue weighted by Gasteiger charge is -2.21. The molecule has 0 amide bonds. The second kappa shape index (κ2) is 5.87. The Bertz CT molecular complexity index is 399. The number of carbonyl (C=O) groups excluding carboxylic acids is 1. The lowest BCUT2D eigenvalue weighted by molar-refractivity contribution is -0.141. The van der Waals surface area contributed by atoms with Gasteiger partial charge in [-0.1, -0.05) is 12.1 Å². The number of carbonyl (C=O) groups is 1. The van der Waals surface area contributed by atoms with E-state index in [2.05, 4.69) is 9.64 Å². The van der Waals surface area contributed by atoms with Gasteiger partial charge < -0.3 is 10.5 Å². The molecule has 1 aromatic rings. The van der Waals surface area contributed by atoms with Gasteiger partial charge in [0.15, 0.2) is 0 Å². The number of anilines is 1. The molecule has 2 N–H and O–H groups in total. The maximum Gasteiger partial charge on any atom is 0.306 e. The van der Waals surface area contributed by atoms with E-state index in [9.17, 15) is 4.79 Å². The van der Waals surface area contributed by atoms with Crippen molar-refractivity contribution in [2.75, 3.05) is 19.4 Å². The summed E-state index contributed by atoms with van der Waals surface area (Å²) in [7, 11) is 1.43. The van der Waals surface area contributed by atoms with Gasteiger partial charge in [0.25, 0.3) is 0 Å². The third-order valence-corrected chi connectivity index (χ3v) is 3.26. The molecule has 18 heavy (non-hydrogen) atoms. The SMILES string of the molecule is COC(=O)CCN(Cc1ccc(N)cc1)C1CC1. The van der Waals surface area contributed by atoms with Crippen LogP contribution in [-0.2, 0) is 16.1 Å². The molecule has 1 aliphatic rings. The van der Waals surface area contributed by atoms with Crippen molar-refractivity contribution in [3.05, 3.63) is 29.8 Å². The number of nitrogens with two attached hydrogens (primary N) is 1. The molecule has 0 bridgehead atoms. The lowest BCUT2D eigenvalue weighted by Crippen LogP contribution is -2.28. The number of methoxy groups -OCH3 is 1. The maximum absolute atomic E-state index is 11.2. The van der Waals surface area contributed by atoms with E-state index in [0.29, 0.717) is 12.5 Å². The topological polar surface area (TPSA) is 55.6 Å². The monoisotopic (exact) mass is 248 g/mol. The predicted octanol–water partition coefficient (Wildman–Crippen LogP) is 1.80. The molecule has 0 saturated heterocycles. The van der Waals surface area contributed by atoms with Gasteiger partial charge in [-0.3, -0.25) is 9.69 Å². The number of nitrogen functional groups attached to an aromatic ring is 1. The van der Waals surface area contributed by atoms with Crippen molar-refractivity contribution in [3.63, 3.8) is 0 Å². The third kappa shape index (κ3) is 3.74. The van der Waals surface area contributed by atoms with Gasteiger partial charge in [0.2, 0.25) is 0 Å². The minimum atomic E-state index is -0.141. The van der Waals surface area contributed by atoms with E-state index in [1.54, 1.807) is 0 Å². The summed E-state index contributed by atoms with van der Waals surface area (Å²) >= 11 is 0. The van der Waals surface area contributed by atoms with Gasteiger partial charge in [-0.25, -0.2) is 0 Å². The highest BCUT2D eigenvalue weighted by Crippen LogP contribution is 2.28. The smallest absolute Gasteiger partial charge is 0.306 e. The number of ether oxygens (including phenoxy) is 1. The molecule has 0 spiro atoms. The van der Waals surface area contributed by atoms with Crippen molar-refractivity contribution in [2.24, 2.45) is 0 Å². The van der Waals surface area contributed by atoms with Gasteiger partial charge in [-0.2, -0.15) is 0 Å². The van der Waals surface area contributed by atoms with Crippen LogP contribution in [0.2, 0.25) is 0 Å². The Labute approximate surface area is 108 Å². The molecule has 1 fully saturated rings. The Morgan fingerprint density at radius 3 is 2.61 bits per heavy atom. The Hall–Kier alpha value is -1.55. The minimum absolute atomic E-state index is 0.141.